The van der Waals surface area contributed by atoms with Gasteiger partial charge < -0.3 is 15.4 Å². The molecule has 0 saturated carbocycles. The third-order valence-corrected chi connectivity index (χ3v) is 4.26. The maximum absolute atomic E-state index is 12.3. The third-order valence-electron chi connectivity index (χ3n) is 4.26. The maximum atomic E-state index is 12.3. The van der Waals surface area contributed by atoms with Crippen molar-refractivity contribution in [2.24, 2.45) is 0 Å². The highest BCUT2D eigenvalue weighted by atomic mass is 16.5. The summed E-state index contributed by atoms with van der Waals surface area (Å²) < 4.78 is 5.86. The van der Waals surface area contributed by atoms with Gasteiger partial charge in [-0.25, -0.2) is 0 Å². The van der Waals surface area contributed by atoms with Gasteiger partial charge in [-0.1, -0.05) is 12.1 Å². The Labute approximate surface area is 152 Å². The van der Waals surface area contributed by atoms with Gasteiger partial charge in [0.1, 0.15) is 0 Å². The van der Waals surface area contributed by atoms with E-state index in [9.17, 15) is 4.79 Å². The van der Waals surface area contributed by atoms with Crippen molar-refractivity contribution >= 4 is 11.6 Å². The summed E-state index contributed by atoms with van der Waals surface area (Å²) in [7, 11) is 0. The molecule has 3 rings (SSSR count). The molecule has 0 unspecified atom stereocenters. The SMILES string of the molecule is N#Cc1ccc(CO[C@H]2CN[C@H](C(=O)Nc3ccc(C#N)cc3)C2)cc1. The Morgan fingerprint density at radius 1 is 1.08 bits per heavy atom. The first-order valence-corrected chi connectivity index (χ1v) is 8.33. The fraction of sp³-hybridized carbons (Fsp3) is 0.250. The van der Waals surface area contributed by atoms with Crippen LogP contribution in [0, 0.1) is 22.7 Å². The lowest BCUT2D eigenvalue weighted by Crippen LogP contribution is -2.35. The molecule has 6 nitrogen and oxygen atoms in total. The first kappa shape index (κ1) is 17.6. The molecule has 26 heavy (non-hydrogen) atoms. The van der Waals surface area contributed by atoms with Crippen LogP contribution in [0.15, 0.2) is 48.5 Å². The predicted octanol–water partition coefficient (Wildman–Crippen LogP) is 2.32. The summed E-state index contributed by atoms with van der Waals surface area (Å²) >= 11 is 0. The molecule has 0 spiro atoms. The second-order valence-electron chi connectivity index (χ2n) is 6.12. The van der Waals surface area contributed by atoms with Crippen molar-refractivity contribution in [2.45, 2.75) is 25.2 Å². The van der Waals surface area contributed by atoms with Gasteiger partial charge in [-0.15, -0.1) is 0 Å². The number of benzene rings is 2. The Kier molecular flexibility index (Phi) is 5.60. The third kappa shape index (κ3) is 4.46. The molecule has 2 atom stereocenters. The zero-order valence-corrected chi connectivity index (χ0v) is 14.1. The second-order valence-corrected chi connectivity index (χ2v) is 6.12. The molecule has 1 fully saturated rings. The van der Waals surface area contributed by atoms with Crippen LogP contribution in [0.3, 0.4) is 0 Å². The smallest absolute Gasteiger partial charge is 0.241 e. The van der Waals surface area contributed by atoms with E-state index in [1.807, 2.05) is 18.2 Å². The maximum Gasteiger partial charge on any atom is 0.241 e. The lowest BCUT2D eigenvalue weighted by molar-refractivity contribution is -0.118. The molecule has 2 aromatic rings. The Balaban J connectivity index is 1.47. The molecule has 1 heterocycles. The largest absolute Gasteiger partial charge is 0.372 e. The molecule has 1 amide bonds. The highest BCUT2D eigenvalue weighted by Crippen LogP contribution is 2.16. The van der Waals surface area contributed by atoms with Crippen molar-refractivity contribution in [1.29, 1.82) is 10.5 Å². The van der Waals surface area contributed by atoms with E-state index in [4.69, 9.17) is 15.3 Å². The predicted molar refractivity (Wildman–Crippen MR) is 95.9 cm³/mol. The van der Waals surface area contributed by atoms with Crippen molar-refractivity contribution in [2.75, 3.05) is 11.9 Å². The summed E-state index contributed by atoms with van der Waals surface area (Å²) in [4.78, 5) is 12.3. The van der Waals surface area contributed by atoms with Crippen molar-refractivity contribution < 1.29 is 9.53 Å². The molecule has 2 aromatic carbocycles. The van der Waals surface area contributed by atoms with Gasteiger partial charge in [0.25, 0.3) is 0 Å². The van der Waals surface area contributed by atoms with E-state index in [0.717, 1.165) is 5.56 Å². The number of hydrogen-bond acceptors (Lipinski definition) is 5. The number of rotatable bonds is 5. The van der Waals surface area contributed by atoms with E-state index in [2.05, 4.69) is 16.7 Å². The van der Waals surface area contributed by atoms with Crippen molar-refractivity contribution in [3.05, 3.63) is 65.2 Å². The normalized spacial score (nSPS) is 18.7. The molecule has 2 N–H and O–H groups in total. The molecule has 130 valence electrons. The lowest BCUT2D eigenvalue weighted by atomic mass is 10.1. The van der Waals surface area contributed by atoms with E-state index >= 15 is 0 Å². The monoisotopic (exact) mass is 346 g/mol. The minimum Gasteiger partial charge on any atom is -0.372 e. The van der Waals surface area contributed by atoms with Gasteiger partial charge in [-0.05, 0) is 48.4 Å². The highest BCUT2D eigenvalue weighted by molar-refractivity contribution is 5.95. The number of hydrogen-bond donors (Lipinski definition) is 2. The molecule has 1 saturated heterocycles. The molecule has 1 aliphatic heterocycles. The van der Waals surface area contributed by atoms with Gasteiger partial charge >= 0.3 is 0 Å². The summed E-state index contributed by atoms with van der Waals surface area (Å²) in [6.45, 7) is 1.06. The number of carbonyl (C=O) groups is 1. The molecule has 0 bridgehead atoms. The Morgan fingerprint density at radius 2 is 1.69 bits per heavy atom. The van der Waals surface area contributed by atoms with E-state index in [1.54, 1.807) is 36.4 Å². The number of amides is 1. The van der Waals surface area contributed by atoms with E-state index in [1.165, 1.54) is 0 Å². The number of carbonyl (C=O) groups excluding carboxylic acids is 1. The summed E-state index contributed by atoms with van der Waals surface area (Å²) in [6, 6.07) is 17.9. The van der Waals surface area contributed by atoms with Crippen LogP contribution in [0.4, 0.5) is 5.69 Å². The van der Waals surface area contributed by atoms with E-state index in [-0.39, 0.29) is 18.1 Å². The van der Waals surface area contributed by atoms with Gasteiger partial charge in [0, 0.05) is 12.2 Å². The average Bonchev–Trinajstić information content (AvgIpc) is 3.16. The van der Waals surface area contributed by atoms with Gasteiger partial charge in [-0.3, -0.25) is 4.79 Å². The molecule has 0 radical (unpaired) electrons. The van der Waals surface area contributed by atoms with Crippen LogP contribution < -0.4 is 10.6 Å². The zero-order chi connectivity index (χ0) is 18.4. The standard InChI is InChI=1S/C20H18N4O2/c21-10-14-1-3-16(4-2-14)13-26-18-9-19(23-12-18)20(25)24-17-7-5-15(11-22)6-8-17/h1-8,18-19,23H,9,12-13H2,(H,24,25)/t18-,19+/m1/s1. The van der Waals surface area contributed by atoms with Gasteiger partial charge in [0.15, 0.2) is 0 Å². The van der Waals surface area contributed by atoms with Gasteiger partial charge in [-0.2, -0.15) is 10.5 Å². The molecule has 0 aromatic heterocycles. The number of nitrogens with one attached hydrogen (secondary N) is 2. The number of ether oxygens (including phenoxy) is 1. The summed E-state index contributed by atoms with van der Waals surface area (Å²) in [5.41, 5.74) is 2.83. The fourth-order valence-corrected chi connectivity index (χ4v) is 2.78. The Morgan fingerprint density at radius 3 is 2.31 bits per heavy atom. The van der Waals surface area contributed by atoms with E-state index in [0.29, 0.717) is 36.4 Å². The quantitative estimate of drug-likeness (QED) is 0.866. The van der Waals surface area contributed by atoms with Crippen molar-refractivity contribution in [3.8, 4) is 12.1 Å². The van der Waals surface area contributed by atoms with Crippen LogP contribution in [0.1, 0.15) is 23.1 Å². The van der Waals surface area contributed by atoms with Crippen molar-refractivity contribution in [3.63, 3.8) is 0 Å². The lowest BCUT2D eigenvalue weighted by Gasteiger charge is -2.12. The van der Waals surface area contributed by atoms with Gasteiger partial charge in [0.2, 0.25) is 5.91 Å². The summed E-state index contributed by atoms with van der Waals surface area (Å²) in [6.07, 6.45) is 0.556. The zero-order valence-electron chi connectivity index (χ0n) is 14.1. The first-order valence-electron chi connectivity index (χ1n) is 8.33. The van der Waals surface area contributed by atoms with Crippen LogP contribution in [0.5, 0.6) is 0 Å². The van der Waals surface area contributed by atoms with Crippen LogP contribution in [0.2, 0.25) is 0 Å². The molecule has 1 aliphatic rings. The fourth-order valence-electron chi connectivity index (χ4n) is 2.78. The highest BCUT2D eigenvalue weighted by Gasteiger charge is 2.30. The van der Waals surface area contributed by atoms with Gasteiger partial charge in [0.05, 0.1) is 42.0 Å². The minimum atomic E-state index is -0.309. The average molecular weight is 346 g/mol. The molecular formula is C20H18N4O2. The molecular weight excluding hydrogens is 328 g/mol. The molecule has 6 heteroatoms. The van der Waals surface area contributed by atoms with Crippen molar-refractivity contribution in [1.82, 2.24) is 5.32 Å². The number of nitrogens with zero attached hydrogens (tertiary/aromatic N) is 2. The number of anilines is 1. The first-order chi connectivity index (χ1) is 12.7. The van der Waals surface area contributed by atoms with Crippen LogP contribution >= 0.6 is 0 Å². The summed E-state index contributed by atoms with van der Waals surface area (Å²) in [5, 5.41) is 23.6. The van der Waals surface area contributed by atoms with Crippen LogP contribution in [0.25, 0.3) is 0 Å². The van der Waals surface area contributed by atoms with Crippen LogP contribution in [-0.4, -0.2) is 24.6 Å². The Hall–Kier alpha value is -3.19. The topological polar surface area (TPSA) is 97.9 Å². The second kappa shape index (κ2) is 8.26. The minimum absolute atomic E-state index is 0.0395. The summed E-state index contributed by atoms with van der Waals surface area (Å²) in [5.74, 6) is -0.112. The van der Waals surface area contributed by atoms with E-state index < -0.39 is 0 Å². The van der Waals surface area contributed by atoms with Crippen LogP contribution in [-0.2, 0) is 16.1 Å². The number of nitriles is 2. The molecule has 0 aliphatic carbocycles. The Bertz CT molecular complexity index is 847.